The van der Waals surface area contributed by atoms with Crippen LogP contribution in [0.15, 0.2) is 78.4 Å². The van der Waals surface area contributed by atoms with Gasteiger partial charge in [-0.1, -0.05) is 18.1 Å². The number of rotatable bonds is 2. The molecule has 3 aromatic heterocycles. The van der Waals surface area contributed by atoms with Gasteiger partial charge in [-0.2, -0.15) is 5.10 Å². The summed E-state index contributed by atoms with van der Waals surface area (Å²) in [5.74, 6) is 6.54. The Bertz CT molecular complexity index is 1620. The molecule has 0 aliphatic carbocycles. The molecule has 0 radical (unpaired) electrons. The summed E-state index contributed by atoms with van der Waals surface area (Å²) in [6, 6.07) is 16.5. The van der Waals surface area contributed by atoms with Gasteiger partial charge in [-0.3, -0.25) is 4.99 Å². The van der Waals surface area contributed by atoms with Gasteiger partial charge in [0.2, 0.25) is 0 Å². The molecule has 0 unspecified atom stereocenters. The van der Waals surface area contributed by atoms with Gasteiger partial charge in [0.25, 0.3) is 0 Å². The monoisotopic (exact) mass is 428 g/mol. The average Bonchev–Trinajstić information content (AvgIpc) is 3.56. The second-order valence-corrected chi connectivity index (χ2v) is 8.19. The van der Waals surface area contributed by atoms with Crippen LogP contribution < -0.4 is 0 Å². The first kappa shape index (κ1) is 19.2. The van der Waals surface area contributed by atoms with Crippen molar-refractivity contribution >= 4 is 17.0 Å². The zero-order valence-corrected chi connectivity index (χ0v) is 18.3. The van der Waals surface area contributed by atoms with Gasteiger partial charge in [0.15, 0.2) is 5.65 Å². The smallest absolute Gasteiger partial charge is 0.154 e. The quantitative estimate of drug-likeness (QED) is 0.386. The standard InChI is InChI=1S/C27H20N6/c1-18-5-6-21(12-20(18)7-8-24-15-28-27-4-3-11-30-33(24)27)26-14-22-13-23(9-10-25(22)31-26)32-16-19(2)29-17-32/h3-6,9-13,15-17H,14H2,1-2H3. The predicted octanol–water partition coefficient (Wildman–Crippen LogP) is 4.61. The first-order valence-electron chi connectivity index (χ1n) is 10.8. The van der Waals surface area contributed by atoms with E-state index in [0.29, 0.717) is 0 Å². The van der Waals surface area contributed by atoms with E-state index >= 15 is 0 Å². The molecule has 0 atom stereocenters. The Morgan fingerprint density at radius 3 is 2.79 bits per heavy atom. The lowest BCUT2D eigenvalue weighted by Gasteiger charge is -2.05. The molecule has 2 aromatic carbocycles. The fourth-order valence-electron chi connectivity index (χ4n) is 4.06. The molecule has 5 aromatic rings. The van der Waals surface area contributed by atoms with Gasteiger partial charge < -0.3 is 4.57 Å². The highest BCUT2D eigenvalue weighted by Gasteiger charge is 2.17. The molecule has 4 heterocycles. The van der Waals surface area contributed by atoms with Gasteiger partial charge in [-0.05, 0) is 72.9 Å². The van der Waals surface area contributed by atoms with E-state index in [4.69, 9.17) is 4.99 Å². The van der Waals surface area contributed by atoms with Crippen molar-refractivity contribution in [2.24, 2.45) is 4.99 Å². The Balaban J connectivity index is 1.30. The van der Waals surface area contributed by atoms with E-state index in [-0.39, 0.29) is 0 Å². The van der Waals surface area contributed by atoms with Crippen LogP contribution in [0, 0.1) is 25.7 Å². The van der Waals surface area contributed by atoms with E-state index in [9.17, 15) is 0 Å². The maximum absolute atomic E-state index is 4.90. The van der Waals surface area contributed by atoms with Crippen LogP contribution >= 0.6 is 0 Å². The predicted molar refractivity (Wildman–Crippen MR) is 128 cm³/mol. The maximum atomic E-state index is 4.90. The first-order chi connectivity index (χ1) is 16.1. The average molecular weight is 428 g/mol. The summed E-state index contributed by atoms with van der Waals surface area (Å²) < 4.78 is 3.80. The molecule has 1 aliphatic rings. The number of hydrogen-bond acceptors (Lipinski definition) is 4. The third-order valence-corrected chi connectivity index (χ3v) is 5.86. The Hall–Kier alpha value is -4.50. The third-order valence-electron chi connectivity index (χ3n) is 5.86. The van der Waals surface area contributed by atoms with Crippen molar-refractivity contribution in [3.8, 4) is 17.5 Å². The molecule has 158 valence electrons. The van der Waals surface area contributed by atoms with Crippen molar-refractivity contribution < 1.29 is 0 Å². The number of imidazole rings is 2. The molecule has 0 bridgehead atoms. The van der Waals surface area contributed by atoms with Gasteiger partial charge >= 0.3 is 0 Å². The van der Waals surface area contributed by atoms with Crippen molar-refractivity contribution in [2.45, 2.75) is 20.3 Å². The molecule has 0 saturated carbocycles. The Morgan fingerprint density at radius 2 is 1.91 bits per heavy atom. The summed E-state index contributed by atoms with van der Waals surface area (Å²) in [6.45, 7) is 4.07. The van der Waals surface area contributed by atoms with E-state index in [1.807, 2.05) is 36.1 Å². The Labute approximate surface area is 191 Å². The van der Waals surface area contributed by atoms with Gasteiger partial charge in [-0.15, -0.1) is 0 Å². The number of hydrogen-bond donors (Lipinski definition) is 0. The second kappa shape index (κ2) is 7.57. The van der Waals surface area contributed by atoms with E-state index in [1.165, 1.54) is 5.56 Å². The van der Waals surface area contributed by atoms with Gasteiger partial charge in [0.1, 0.15) is 5.69 Å². The summed E-state index contributed by atoms with van der Waals surface area (Å²) in [5.41, 5.74) is 10.2. The number of fused-ring (bicyclic) bond motifs is 2. The van der Waals surface area contributed by atoms with Crippen LogP contribution in [0.4, 0.5) is 5.69 Å². The molecule has 0 spiro atoms. The molecule has 6 rings (SSSR count). The number of aryl methyl sites for hydroxylation is 2. The molecule has 0 amide bonds. The highest BCUT2D eigenvalue weighted by Crippen LogP contribution is 2.31. The maximum Gasteiger partial charge on any atom is 0.154 e. The van der Waals surface area contributed by atoms with Crippen LogP contribution in [0.5, 0.6) is 0 Å². The van der Waals surface area contributed by atoms with E-state index < -0.39 is 0 Å². The minimum Gasteiger partial charge on any atom is -0.306 e. The Kier molecular flexibility index (Phi) is 4.41. The summed E-state index contributed by atoms with van der Waals surface area (Å²) >= 11 is 0. The van der Waals surface area contributed by atoms with Crippen LogP contribution in [0.25, 0.3) is 11.3 Å². The normalized spacial score (nSPS) is 12.4. The van der Waals surface area contributed by atoms with Crippen LogP contribution in [0.1, 0.15) is 33.6 Å². The summed E-state index contributed by atoms with van der Waals surface area (Å²) in [7, 11) is 0. The Morgan fingerprint density at radius 1 is 0.970 bits per heavy atom. The van der Waals surface area contributed by atoms with Crippen LogP contribution in [0.3, 0.4) is 0 Å². The topological polar surface area (TPSA) is 60.4 Å². The van der Waals surface area contributed by atoms with E-state index in [2.05, 4.69) is 70.2 Å². The second-order valence-electron chi connectivity index (χ2n) is 8.19. The zero-order chi connectivity index (χ0) is 22.4. The summed E-state index contributed by atoms with van der Waals surface area (Å²) in [5, 5.41) is 4.34. The molecular weight excluding hydrogens is 408 g/mol. The summed E-state index contributed by atoms with van der Waals surface area (Å²) in [6.07, 6.45) is 8.16. The lowest BCUT2D eigenvalue weighted by molar-refractivity contribution is 0.923. The van der Waals surface area contributed by atoms with Crippen molar-refractivity contribution in [1.82, 2.24) is 24.1 Å². The van der Waals surface area contributed by atoms with Crippen LogP contribution in [-0.2, 0) is 6.42 Å². The lowest BCUT2D eigenvalue weighted by Crippen LogP contribution is -2.02. The SMILES string of the molecule is Cc1cn(-c2ccc3c(c2)CC(c2ccc(C)c(C#Cc4cnc5cccnn45)c2)=N3)cn1. The molecule has 0 fully saturated rings. The molecule has 1 aliphatic heterocycles. The lowest BCUT2D eigenvalue weighted by atomic mass is 9.99. The number of aliphatic imine (C=N–C) groups is 1. The molecular formula is C27H20N6. The van der Waals surface area contributed by atoms with E-state index in [0.717, 1.165) is 57.2 Å². The molecule has 0 saturated heterocycles. The largest absolute Gasteiger partial charge is 0.306 e. The minimum absolute atomic E-state index is 0.767. The van der Waals surface area contributed by atoms with Crippen molar-refractivity contribution in [1.29, 1.82) is 0 Å². The van der Waals surface area contributed by atoms with Crippen LogP contribution in [0.2, 0.25) is 0 Å². The minimum atomic E-state index is 0.767. The van der Waals surface area contributed by atoms with Gasteiger partial charge in [0, 0.05) is 30.1 Å². The van der Waals surface area contributed by atoms with Crippen molar-refractivity contribution in [3.63, 3.8) is 0 Å². The third kappa shape index (κ3) is 3.50. The van der Waals surface area contributed by atoms with Crippen molar-refractivity contribution in [2.75, 3.05) is 0 Å². The molecule has 33 heavy (non-hydrogen) atoms. The fourth-order valence-corrected chi connectivity index (χ4v) is 4.06. The first-order valence-corrected chi connectivity index (χ1v) is 10.8. The molecule has 6 nitrogen and oxygen atoms in total. The summed E-state index contributed by atoms with van der Waals surface area (Å²) in [4.78, 5) is 13.6. The van der Waals surface area contributed by atoms with E-state index in [1.54, 1.807) is 16.9 Å². The highest BCUT2D eigenvalue weighted by atomic mass is 15.2. The highest BCUT2D eigenvalue weighted by molar-refractivity contribution is 6.06. The van der Waals surface area contributed by atoms with Gasteiger partial charge in [-0.25, -0.2) is 14.5 Å². The molecule has 6 heteroatoms. The fraction of sp³-hybridized carbons (Fsp3) is 0.111. The van der Waals surface area contributed by atoms with Crippen molar-refractivity contribution in [3.05, 3.63) is 107 Å². The van der Waals surface area contributed by atoms with Crippen LogP contribution in [-0.4, -0.2) is 29.9 Å². The number of aromatic nitrogens is 5. The number of benzene rings is 2. The van der Waals surface area contributed by atoms with Gasteiger partial charge in [0.05, 0.1) is 29.6 Å². The number of nitrogens with zero attached hydrogens (tertiary/aromatic N) is 6. The molecule has 0 N–H and O–H groups in total. The zero-order valence-electron chi connectivity index (χ0n) is 18.3.